The Labute approximate surface area is 378 Å². The molecule has 7 N–H and O–H groups in total. The number of aliphatic hydroxyl groups is 5. The maximum atomic E-state index is 12.9. The molecular formula is C48H74O14S. The average molecular weight is 907 g/mol. The number of carbonyl (C=O) groups excluding carboxylic acids is 2. The third-order valence-corrected chi connectivity index (χ3v) is 12.4. The molecule has 0 spiro atoms. The minimum Gasteiger partial charge on any atom is -0.507 e. The van der Waals surface area contributed by atoms with Gasteiger partial charge in [0.2, 0.25) is 0 Å². The molecule has 0 aromatic heterocycles. The van der Waals surface area contributed by atoms with E-state index in [2.05, 4.69) is 12.6 Å². The Bertz CT molecular complexity index is 1670. The number of hydrogen-bond donors (Lipinski definition) is 8. The summed E-state index contributed by atoms with van der Waals surface area (Å²) >= 11 is 4.45. The van der Waals surface area contributed by atoms with Gasteiger partial charge in [-0.2, -0.15) is 12.6 Å². The molecule has 0 radical (unpaired) electrons. The van der Waals surface area contributed by atoms with E-state index in [1.54, 1.807) is 0 Å². The van der Waals surface area contributed by atoms with Crippen molar-refractivity contribution in [1.82, 2.24) is 0 Å². The standard InChI is InChI=1S/C48H74O14S/c1-45(2,3)27-19-25(20-28(36(27)51)46(4,5)6)13-15-34(49)59-23-32-39(54)41(56)43(63)31(61-32)17-18-58-44-42(57)40(55)38(53)33(62-44)24-60-35(50)16-14-26-21-29(47(7,8)9)37(52)30(22-26)48(10,11)12/h19-22,31-33,38-44,51-57,63H,13-18,23-24H2,1-12H3. The van der Waals surface area contributed by atoms with Crippen LogP contribution in [0.5, 0.6) is 11.5 Å². The first-order valence-corrected chi connectivity index (χ1v) is 22.5. The highest BCUT2D eigenvalue weighted by Crippen LogP contribution is 2.41. The van der Waals surface area contributed by atoms with Crippen LogP contribution in [-0.4, -0.2) is 128 Å². The topological polar surface area (TPSA) is 222 Å². The zero-order valence-corrected chi connectivity index (χ0v) is 40.1. The van der Waals surface area contributed by atoms with E-state index in [-0.39, 0.29) is 65.6 Å². The third kappa shape index (κ3) is 13.5. The van der Waals surface area contributed by atoms with Gasteiger partial charge in [0.1, 0.15) is 61.3 Å². The molecule has 2 aromatic rings. The Hall–Kier alpha value is -2.99. The number of benzene rings is 2. The number of phenolic OH excluding ortho intramolecular Hbond substituents is 2. The van der Waals surface area contributed by atoms with Crippen LogP contribution in [0.4, 0.5) is 0 Å². The Balaban J connectivity index is 1.29. The first kappa shape index (κ1) is 52.6. The predicted octanol–water partition coefficient (Wildman–Crippen LogP) is 4.94. The summed E-state index contributed by atoms with van der Waals surface area (Å²) in [5.74, 6) is -0.636. The van der Waals surface area contributed by atoms with Crippen molar-refractivity contribution in [3.8, 4) is 11.5 Å². The molecule has 4 rings (SSSR count). The summed E-state index contributed by atoms with van der Waals surface area (Å²) in [6.07, 6.45) is -11.5. The van der Waals surface area contributed by atoms with E-state index in [0.29, 0.717) is 12.8 Å². The number of hydrogen-bond acceptors (Lipinski definition) is 15. The SMILES string of the molecule is CC(C)(C)c1cc(CCC(=O)OCC2OC(OCCC3OC(COC(=O)CCc4cc(C(C)(C)C)c(O)c(C(C)(C)C)c4)C(O)C(O)C3S)C(O)C(O)C2O)cc(C(C)(C)C)c1O. The van der Waals surface area contributed by atoms with Gasteiger partial charge >= 0.3 is 11.9 Å². The second-order valence-electron chi connectivity index (χ2n) is 21.3. The summed E-state index contributed by atoms with van der Waals surface area (Å²) < 4.78 is 28.5. The van der Waals surface area contributed by atoms with E-state index in [1.165, 1.54) is 0 Å². The molecule has 0 amide bonds. The maximum Gasteiger partial charge on any atom is 0.306 e. The zero-order chi connectivity index (χ0) is 47.6. The van der Waals surface area contributed by atoms with Crippen molar-refractivity contribution in [2.75, 3.05) is 19.8 Å². The molecule has 10 unspecified atom stereocenters. The molecule has 356 valence electrons. The van der Waals surface area contributed by atoms with E-state index in [9.17, 15) is 45.3 Å². The summed E-state index contributed by atoms with van der Waals surface area (Å²) in [6, 6.07) is 7.60. The monoisotopic (exact) mass is 906 g/mol. The van der Waals surface area contributed by atoms with Crippen LogP contribution in [0.3, 0.4) is 0 Å². The van der Waals surface area contributed by atoms with Crippen molar-refractivity contribution < 1.29 is 69.0 Å². The van der Waals surface area contributed by atoms with Crippen LogP contribution in [0.1, 0.15) is 136 Å². The normalized spacial score (nSPS) is 27.3. The number of aromatic hydroxyl groups is 2. The highest BCUT2D eigenvalue weighted by Gasteiger charge is 2.46. The van der Waals surface area contributed by atoms with E-state index < -0.39 is 78.9 Å². The van der Waals surface area contributed by atoms with E-state index in [0.717, 1.165) is 33.4 Å². The summed E-state index contributed by atoms with van der Waals surface area (Å²) in [5.41, 5.74) is 3.48. The number of ether oxygens (including phenoxy) is 5. The van der Waals surface area contributed by atoms with Crippen molar-refractivity contribution in [3.05, 3.63) is 57.6 Å². The van der Waals surface area contributed by atoms with Crippen LogP contribution >= 0.6 is 12.6 Å². The number of phenols is 2. The molecule has 0 aliphatic carbocycles. The lowest BCUT2D eigenvalue weighted by Gasteiger charge is -2.42. The Morgan fingerprint density at radius 2 is 0.921 bits per heavy atom. The minimum absolute atomic E-state index is 0.00442. The molecular weight excluding hydrogens is 833 g/mol. The molecule has 14 nitrogen and oxygen atoms in total. The largest absolute Gasteiger partial charge is 0.507 e. The lowest BCUT2D eigenvalue weighted by molar-refractivity contribution is -0.303. The van der Waals surface area contributed by atoms with Crippen LogP contribution in [0.25, 0.3) is 0 Å². The average Bonchev–Trinajstić information content (AvgIpc) is 3.17. The Morgan fingerprint density at radius 3 is 1.30 bits per heavy atom. The van der Waals surface area contributed by atoms with Crippen LogP contribution in [0.2, 0.25) is 0 Å². The maximum absolute atomic E-state index is 12.9. The Kier molecular flexibility index (Phi) is 17.3. The number of carbonyl (C=O) groups is 2. The smallest absolute Gasteiger partial charge is 0.306 e. The van der Waals surface area contributed by atoms with E-state index in [1.807, 2.05) is 107 Å². The van der Waals surface area contributed by atoms with Crippen molar-refractivity contribution in [1.29, 1.82) is 0 Å². The summed E-state index contributed by atoms with van der Waals surface area (Å²) in [7, 11) is 0. The fraction of sp³-hybridized carbons (Fsp3) is 0.708. The number of esters is 2. The summed E-state index contributed by atoms with van der Waals surface area (Å²) in [5, 5.41) is 74.8. The van der Waals surface area contributed by atoms with Gasteiger partial charge in [-0.3, -0.25) is 9.59 Å². The van der Waals surface area contributed by atoms with Crippen LogP contribution in [0.15, 0.2) is 24.3 Å². The molecule has 2 aromatic carbocycles. The van der Waals surface area contributed by atoms with Crippen molar-refractivity contribution in [2.45, 2.75) is 197 Å². The van der Waals surface area contributed by atoms with Gasteiger partial charge in [-0.15, -0.1) is 0 Å². The fourth-order valence-electron chi connectivity index (χ4n) is 7.85. The summed E-state index contributed by atoms with van der Waals surface area (Å²) in [6.45, 7) is 23.2. The molecule has 63 heavy (non-hydrogen) atoms. The van der Waals surface area contributed by atoms with Gasteiger partial charge in [-0.25, -0.2) is 0 Å². The number of rotatable bonds is 14. The van der Waals surface area contributed by atoms with Gasteiger partial charge in [-0.05, 0) is 74.3 Å². The minimum atomic E-state index is -1.69. The molecule has 10 atom stereocenters. The molecule has 15 heteroatoms. The van der Waals surface area contributed by atoms with Gasteiger partial charge in [0.15, 0.2) is 6.29 Å². The molecule has 0 bridgehead atoms. The Morgan fingerprint density at radius 1 is 0.556 bits per heavy atom. The zero-order valence-electron chi connectivity index (χ0n) is 39.2. The molecule has 2 aliphatic heterocycles. The second-order valence-corrected chi connectivity index (χ2v) is 21.9. The van der Waals surface area contributed by atoms with Crippen molar-refractivity contribution >= 4 is 24.6 Å². The molecule has 2 saturated heterocycles. The summed E-state index contributed by atoms with van der Waals surface area (Å²) in [4.78, 5) is 25.8. The fourth-order valence-corrected chi connectivity index (χ4v) is 8.24. The highest BCUT2D eigenvalue weighted by molar-refractivity contribution is 7.81. The van der Waals surface area contributed by atoms with Gasteiger partial charge in [0.25, 0.3) is 0 Å². The third-order valence-electron chi connectivity index (χ3n) is 11.8. The lowest BCUT2D eigenvalue weighted by atomic mass is 9.78. The second kappa shape index (κ2) is 20.7. The molecule has 2 fully saturated rings. The highest BCUT2D eigenvalue weighted by atomic mass is 32.1. The van der Waals surface area contributed by atoms with Crippen LogP contribution in [-0.2, 0) is 67.8 Å². The van der Waals surface area contributed by atoms with Gasteiger partial charge in [-0.1, -0.05) is 107 Å². The molecule has 0 saturated carbocycles. The van der Waals surface area contributed by atoms with E-state index in [4.69, 9.17) is 23.7 Å². The quantitative estimate of drug-likeness (QED) is 0.0930. The van der Waals surface area contributed by atoms with Crippen LogP contribution < -0.4 is 0 Å². The molecule has 2 heterocycles. The number of aliphatic hydroxyl groups excluding tert-OH is 5. The first-order valence-electron chi connectivity index (χ1n) is 22.0. The van der Waals surface area contributed by atoms with Crippen LogP contribution in [0, 0.1) is 0 Å². The van der Waals surface area contributed by atoms with Crippen molar-refractivity contribution in [2.24, 2.45) is 0 Å². The first-order chi connectivity index (χ1) is 28.9. The van der Waals surface area contributed by atoms with Gasteiger partial charge < -0.3 is 59.4 Å². The van der Waals surface area contributed by atoms with E-state index >= 15 is 0 Å². The van der Waals surface area contributed by atoms with Gasteiger partial charge in [0.05, 0.1) is 24.1 Å². The lowest BCUT2D eigenvalue weighted by Crippen LogP contribution is -2.59. The number of aryl methyl sites for hydroxylation is 2. The van der Waals surface area contributed by atoms with Gasteiger partial charge in [0, 0.05) is 12.8 Å². The molecule has 2 aliphatic rings. The van der Waals surface area contributed by atoms with Crippen molar-refractivity contribution in [3.63, 3.8) is 0 Å². The predicted molar refractivity (Wildman–Crippen MR) is 240 cm³/mol. The number of thiol groups is 1.